The number of pyridine rings is 1. The molecule has 0 aliphatic carbocycles. The van der Waals surface area contributed by atoms with Gasteiger partial charge in [-0.05, 0) is 103 Å². The van der Waals surface area contributed by atoms with Crippen molar-refractivity contribution in [3.05, 3.63) is 236 Å². The van der Waals surface area contributed by atoms with Gasteiger partial charge in [-0.25, -0.2) is 4.98 Å². The average molecular weight is 1090 g/mol. The first kappa shape index (κ1) is 33.4. The predicted molar refractivity (Wildman–Crippen MR) is 287 cm³/mol. The monoisotopic (exact) mass is 1090 g/mol. The van der Waals surface area contributed by atoms with E-state index in [1.165, 1.54) is 0 Å². The van der Waals surface area contributed by atoms with Crippen LogP contribution in [0.25, 0.3) is 116 Å². The number of nitrogens with zero attached hydrogens (tertiary/aromatic N) is 4. The standard InChI is InChI=1S/C64H45N4O.Pt/c1-64(2,3)47-37-57-46-22-14-21-45(35-46)51-25-10-11-26-53(51)55-28-16-27-52(43-19-8-5-9-20-43)63(55)67-41-66(59-29-12-13-30-60(59)67)48-23-15-24-49(39-48)69-50-32-33-54-56-36-44(42-17-6-4-7-18-42)31-34-58(56)68(61(54)40-50)62(38-47)65-57;/h4-38,41H,1-3H3;/q-3;/i4D,6D,7D,17D,18D,31D,32D,33D,34D,36D;. The number of aromatic nitrogens is 4. The first-order valence-electron chi connectivity index (χ1n) is 27.7. The average Bonchev–Trinajstić information content (AvgIpc) is 2.94. The van der Waals surface area contributed by atoms with Crippen molar-refractivity contribution in [1.29, 1.82) is 0 Å². The molecule has 0 saturated heterocycles. The van der Waals surface area contributed by atoms with Crippen molar-refractivity contribution in [2.24, 2.45) is 0 Å². The van der Waals surface area contributed by atoms with E-state index in [2.05, 4.69) is 104 Å². The zero-order valence-corrected chi connectivity index (χ0v) is 40.3. The Morgan fingerprint density at radius 2 is 1.29 bits per heavy atom. The molecule has 0 fully saturated rings. The van der Waals surface area contributed by atoms with Crippen LogP contribution in [0.15, 0.2) is 223 Å². The molecule has 70 heavy (non-hydrogen) atoms. The number of hydrogen-bond acceptors (Lipinski definition) is 2. The number of imidazole rings is 1. The van der Waals surface area contributed by atoms with E-state index < -0.39 is 71.4 Å². The zero-order chi connectivity index (χ0) is 54.9. The largest absolute Gasteiger partial charge is 0.510 e. The fraction of sp³-hybridized carbons (Fsp3) is 0.0625. The molecule has 4 heterocycles. The van der Waals surface area contributed by atoms with E-state index in [0.717, 1.165) is 60.5 Å². The predicted octanol–water partition coefficient (Wildman–Crippen LogP) is 16.8. The summed E-state index contributed by atoms with van der Waals surface area (Å²) in [4.78, 5) is 5.36. The summed E-state index contributed by atoms with van der Waals surface area (Å²) in [5, 5.41) is 4.54. The van der Waals surface area contributed by atoms with Crippen LogP contribution in [0.4, 0.5) is 0 Å². The number of fused-ring (bicyclic) bond motifs is 23. The number of benzene rings is 9. The van der Waals surface area contributed by atoms with E-state index in [-0.39, 0.29) is 65.2 Å². The minimum absolute atomic E-state index is 0. The molecule has 0 amide bonds. The van der Waals surface area contributed by atoms with Gasteiger partial charge in [-0.1, -0.05) is 184 Å². The maximum absolute atomic E-state index is 9.90. The van der Waals surface area contributed by atoms with Gasteiger partial charge >= 0.3 is 0 Å². The second kappa shape index (κ2) is 17.1. The Morgan fingerprint density at radius 3 is 2.11 bits per heavy atom. The summed E-state index contributed by atoms with van der Waals surface area (Å²) in [7, 11) is 0. The van der Waals surface area contributed by atoms with Gasteiger partial charge in [-0.2, -0.15) is 24.2 Å². The molecule has 13 rings (SSSR count). The van der Waals surface area contributed by atoms with Crippen molar-refractivity contribution < 1.29 is 39.2 Å². The van der Waals surface area contributed by atoms with Crippen LogP contribution in [0.5, 0.6) is 0 Å². The van der Waals surface area contributed by atoms with E-state index in [1.54, 1.807) is 10.5 Å². The summed E-state index contributed by atoms with van der Waals surface area (Å²) >= 11 is 0. The normalized spacial score (nSPS) is 13.8. The smallest absolute Gasteiger partial charge is 0.136 e. The van der Waals surface area contributed by atoms with Crippen molar-refractivity contribution in [1.82, 2.24) is 18.5 Å². The molecule has 1 aliphatic heterocycles. The van der Waals surface area contributed by atoms with Crippen LogP contribution in [-0.2, 0) is 26.5 Å². The molecule has 0 saturated carbocycles. The molecule has 0 radical (unpaired) electrons. The topological polar surface area (TPSA) is 40.3 Å². The summed E-state index contributed by atoms with van der Waals surface area (Å²) in [5.41, 5.74) is 5.87. The third-order valence-corrected chi connectivity index (χ3v) is 12.8. The van der Waals surface area contributed by atoms with Gasteiger partial charge < -0.3 is 18.0 Å². The van der Waals surface area contributed by atoms with Crippen molar-refractivity contribution >= 4 is 82.1 Å². The minimum atomic E-state index is -0.666. The first-order chi connectivity index (χ1) is 38.0. The number of para-hydroxylation sites is 3. The van der Waals surface area contributed by atoms with E-state index >= 15 is 0 Å². The summed E-state index contributed by atoms with van der Waals surface area (Å²) < 4.78 is 104. The van der Waals surface area contributed by atoms with Crippen LogP contribution in [-0.4, -0.2) is 18.5 Å². The Morgan fingerprint density at radius 1 is 0.557 bits per heavy atom. The summed E-state index contributed by atoms with van der Waals surface area (Å²) in [6.45, 7) is 6.21. The molecule has 10 bridgehead atoms. The Balaban J connectivity index is 0.00000637. The summed E-state index contributed by atoms with van der Waals surface area (Å²) in [6.07, 6.45) is 2.05. The SMILES string of the molecule is [2H]c1c([2H])c([2H])c(-c2c([2H])c([2H])c3c(c2[2H])c2c([2H])c([2H])c4[c-]c2n3c2cc(C(C)(C)C)cc(n2)c2cccc(c2)c2ccccc2c2cccc(-c3ccccc3)c2n2[cH-]n(c3[c-]c(ccc3)o4)-c3ccccc3-2)c([2H])c1[2H].[Pt]. The molecule has 3 aromatic heterocycles. The maximum atomic E-state index is 9.90. The van der Waals surface area contributed by atoms with E-state index in [9.17, 15) is 6.85 Å². The second-order valence-corrected chi connectivity index (χ2v) is 18.1. The van der Waals surface area contributed by atoms with E-state index in [4.69, 9.17) is 16.3 Å². The van der Waals surface area contributed by atoms with Gasteiger partial charge in [0.1, 0.15) is 5.65 Å². The summed E-state index contributed by atoms with van der Waals surface area (Å²) in [5.74, 6) is 0. The molecule has 0 atom stereocenters. The van der Waals surface area contributed by atoms with Crippen LogP contribution >= 0.6 is 0 Å². The van der Waals surface area contributed by atoms with Crippen molar-refractivity contribution in [2.75, 3.05) is 0 Å². The van der Waals surface area contributed by atoms with Crippen LogP contribution in [0, 0.1) is 12.1 Å². The Kier molecular flexibility index (Phi) is 8.18. The Bertz CT molecular complexity index is 4880. The van der Waals surface area contributed by atoms with Gasteiger partial charge in [0.2, 0.25) is 0 Å². The van der Waals surface area contributed by atoms with E-state index in [1.807, 2.05) is 89.8 Å². The number of rotatable bonds is 2. The fourth-order valence-corrected chi connectivity index (χ4v) is 9.49. The van der Waals surface area contributed by atoms with Crippen molar-refractivity contribution in [2.45, 2.75) is 26.2 Å². The molecule has 0 spiro atoms. The minimum Gasteiger partial charge on any atom is -0.510 e. The van der Waals surface area contributed by atoms with Crippen LogP contribution in [0.3, 0.4) is 0 Å². The quantitative estimate of drug-likeness (QED) is 0.162. The first-order valence-corrected chi connectivity index (χ1v) is 22.7. The molecule has 6 heteroatoms. The molecule has 0 N–H and O–H groups in total. The second-order valence-electron chi connectivity index (χ2n) is 18.1. The molecule has 9 aromatic carbocycles. The third kappa shape index (κ3) is 7.37. The zero-order valence-electron chi connectivity index (χ0n) is 48.0. The van der Waals surface area contributed by atoms with Gasteiger partial charge in [-0.3, -0.25) is 0 Å². The van der Waals surface area contributed by atoms with Gasteiger partial charge in [-0.15, -0.1) is 29.1 Å². The van der Waals surface area contributed by atoms with Crippen LogP contribution in [0.2, 0.25) is 0 Å². The molecular formula is C64H45N4OPt-3. The maximum Gasteiger partial charge on any atom is 0.136 e. The van der Waals surface area contributed by atoms with Crippen molar-refractivity contribution in [3.63, 3.8) is 0 Å². The summed E-state index contributed by atoms with van der Waals surface area (Å²) in [6, 6.07) is 51.9. The fourth-order valence-electron chi connectivity index (χ4n) is 9.49. The van der Waals surface area contributed by atoms with Gasteiger partial charge in [0, 0.05) is 50.8 Å². The van der Waals surface area contributed by atoms with Crippen molar-refractivity contribution in [3.8, 4) is 33.6 Å². The van der Waals surface area contributed by atoms with Gasteiger partial charge in [0.15, 0.2) is 0 Å². The molecule has 340 valence electrons. The molecule has 0 unspecified atom stereocenters. The van der Waals surface area contributed by atoms with Crippen LogP contribution < -0.4 is 0 Å². The molecule has 5 nitrogen and oxygen atoms in total. The van der Waals surface area contributed by atoms with E-state index in [0.29, 0.717) is 11.0 Å². The molecule has 1 aliphatic rings. The van der Waals surface area contributed by atoms with Crippen LogP contribution in [0.1, 0.15) is 40.0 Å². The third-order valence-electron chi connectivity index (χ3n) is 12.8. The van der Waals surface area contributed by atoms with Gasteiger partial charge in [0.05, 0.1) is 16.5 Å². The molecule has 12 aromatic rings. The Hall–Kier alpha value is -8.11. The van der Waals surface area contributed by atoms with Gasteiger partial charge in [0.25, 0.3) is 0 Å². The Labute approximate surface area is 433 Å². The molecular weight excluding hydrogens is 1040 g/mol. The number of hydrogen-bond donors (Lipinski definition) is 0.